The minimum absolute atomic E-state index is 0.338. The van der Waals surface area contributed by atoms with Gasteiger partial charge in [-0.15, -0.1) is 13.2 Å². The molecule has 0 saturated heterocycles. The molecule has 0 aliphatic heterocycles. The molecule has 0 aromatic heterocycles. The van der Waals surface area contributed by atoms with Gasteiger partial charge in [0.05, 0.1) is 5.75 Å². The maximum atomic E-state index is 13.2. The Bertz CT molecular complexity index is 512. The zero-order valence-corrected chi connectivity index (χ0v) is 9.53. The third kappa shape index (κ3) is 5.22. The van der Waals surface area contributed by atoms with Crippen molar-refractivity contribution in [2.75, 3.05) is 0 Å². The quantitative estimate of drug-likeness (QED) is 0.635. The maximum absolute atomic E-state index is 13.2. The van der Waals surface area contributed by atoms with Gasteiger partial charge in [0.15, 0.2) is 0 Å². The highest BCUT2D eigenvalue weighted by atomic mass is 35.7. The molecule has 96 valence electrons. The largest absolute Gasteiger partial charge is 0.573 e. The van der Waals surface area contributed by atoms with E-state index < -0.39 is 32.7 Å². The van der Waals surface area contributed by atoms with Crippen LogP contribution >= 0.6 is 10.7 Å². The predicted molar refractivity (Wildman–Crippen MR) is 51.6 cm³/mol. The fourth-order valence-corrected chi connectivity index (χ4v) is 1.99. The molecule has 1 rings (SSSR count). The van der Waals surface area contributed by atoms with E-state index in [1.54, 1.807) is 0 Å². The molecule has 3 nitrogen and oxygen atoms in total. The number of hydrogen-bond donors (Lipinski definition) is 0. The SMILES string of the molecule is O=S(=O)(Cl)Cc1ccc(OC(F)(F)F)cc1F. The van der Waals surface area contributed by atoms with Gasteiger partial charge >= 0.3 is 6.36 Å². The molecule has 0 saturated carbocycles. The average molecular weight is 293 g/mol. The van der Waals surface area contributed by atoms with Gasteiger partial charge in [-0.3, -0.25) is 0 Å². The summed E-state index contributed by atoms with van der Waals surface area (Å²) in [5, 5.41) is 0. The van der Waals surface area contributed by atoms with Gasteiger partial charge < -0.3 is 4.74 Å². The Morgan fingerprint density at radius 2 is 1.88 bits per heavy atom. The molecule has 0 unspecified atom stereocenters. The lowest BCUT2D eigenvalue weighted by Gasteiger charge is -2.09. The summed E-state index contributed by atoms with van der Waals surface area (Å²) < 4.78 is 73.3. The van der Waals surface area contributed by atoms with Crippen molar-refractivity contribution < 1.29 is 30.7 Å². The fraction of sp³-hybridized carbons (Fsp3) is 0.250. The fourth-order valence-electron chi connectivity index (χ4n) is 1.03. The van der Waals surface area contributed by atoms with Crippen LogP contribution in [0.2, 0.25) is 0 Å². The Morgan fingerprint density at radius 3 is 2.29 bits per heavy atom. The van der Waals surface area contributed by atoms with Crippen molar-refractivity contribution in [3.63, 3.8) is 0 Å². The molecule has 0 spiro atoms. The molecule has 0 radical (unpaired) electrons. The zero-order chi connectivity index (χ0) is 13.3. The average Bonchev–Trinajstić information content (AvgIpc) is 2.05. The molecule has 0 atom stereocenters. The smallest absolute Gasteiger partial charge is 0.406 e. The number of benzene rings is 1. The van der Waals surface area contributed by atoms with E-state index in [0.29, 0.717) is 6.07 Å². The molecule has 1 aromatic rings. The van der Waals surface area contributed by atoms with E-state index in [1.807, 2.05) is 0 Å². The molecule has 0 bridgehead atoms. The molecule has 0 aliphatic rings. The van der Waals surface area contributed by atoms with E-state index in [2.05, 4.69) is 4.74 Å². The Kier molecular flexibility index (Phi) is 3.88. The van der Waals surface area contributed by atoms with Crippen LogP contribution in [0.15, 0.2) is 18.2 Å². The summed E-state index contributed by atoms with van der Waals surface area (Å²) >= 11 is 0. The summed E-state index contributed by atoms with van der Waals surface area (Å²) in [5.74, 6) is -2.73. The van der Waals surface area contributed by atoms with Crippen LogP contribution in [0.4, 0.5) is 17.6 Å². The third-order valence-corrected chi connectivity index (χ3v) is 2.57. The second-order valence-corrected chi connectivity index (χ2v) is 5.76. The van der Waals surface area contributed by atoms with Crippen molar-refractivity contribution in [3.05, 3.63) is 29.6 Å². The van der Waals surface area contributed by atoms with Crippen LogP contribution in [0.5, 0.6) is 5.75 Å². The lowest BCUT2D eigenvalue weighted by molar-refractivity contribution is -0.274. The highest BCUT2D eigenvalue weighted by molar-refractivity contribution is 8.13. The van der Waals surface area contributed by atoms with E-state index in [0.717, 1.165) is 12.1 Å². The first-order valence-electron chi connectivity index (χ1n) is 4.03. The highest BCUT2D eigenvalue weighted by Crippen LogP contribution is 2.25. The predicted octanol–water partition coefficient (Wildman–Crippen LogP) is 2.79. The summed E-state index contributed by atoms with van der Waals surface area (Å²) in [5.41, 5.74) is -0.338. The van der Waals surface area contributed by atoms with E-state index >= 15 is 0 Å². The van der Waals surface area contributed by atoms with Crippen LogP contribution in [0.1, 0.15) is 5.56 Å². The lowest BCUT2D eigenvalue weighted by atomic mass is 10.2. The van der Waals surface area contributed by atoms with E-state index in [9.17, 15) is 26.0 Å². The van der Waals surface area contributed by atoms with Gasteiger partial charge in [-0.1, -0.05) is 6.07 Å². The molecule has 0 aliphatic carbocycles. The maximum Gasteiger partial charge on any atom is 0.573 e. The molecule has 0 heterocycles. The van der Waals surface area contributed by atoms with E-state index in [1.165, 1.54) is 0 Å². The van der Waals surface area contributed by atoms with Crippen molar-refractivity contribution in [1.29, 1.82) is 0 Å². The topological polar surface area (TPSA) is 43.4 Å². The van der Waals surface area contributed by atoms with Crippen molar-refractivity contribution in [2.24, 2.45) is 0 Å². The number of halogens is 5. The molecular formula is C8H5ClF4O3S. The first-order chi connectivity index (χ1) is 7.57. The molecule has 0 N–H and O–H groups in total. The third-order valence-electron chi connectivity index (χ3n) is 1.59. The summed E-state index contributed by atoms with van der Waals surface area (Å²) in [6.07, 6.45) is -4.94. The minimum atomic E-state index is -4.94. The van der Waals surface area contributed by atoms with Gasteiger partial charge in [-0.05, 0) is 6.07 Å². The molecule has 0 amide bonds. The van der Waals surface area contributed by atoms with Crippen molar-refractivity contribution >= 4 is 19.7 Å². The van der Waals surface area contributed by atoms with Crippen LogP contribution < -0.4 is 4.74 Å². The van der Waals surface area contributed by atoms with Gasteiger partial charge in [-0.2, -0.15) is 0 Å². The van der Waals surface area contributed by atoms with Crippen LogP contribution in [0, 0.1) is 5.82 Å². The Labute approximate surface area is 98.4 Å². The van der Waals surface area contributed by atoms with Gasteiger partial charge in [0.25, 0.3) is 0 Å². The van der Waals surface area contributed by atoms with Crippen LogP contribution in [-0.4, -0.2) is 14.8 Å². The molecule has 17 heavy (non-hydrogen) atoms. The summed E-state index contributed by atoms with van der Waals surface area (Å²) in [6.45, 7) is 0. The number of ether oxygens (including phenoxy) is 1. The minimum Gasteiger partial charge on any atom is -0.406 e. The van der Waals surface area contributed by atoms with Gasteiger partial charge in [0, 0.05) is 22.3 Å². The normalized spacial score (nSPS) is 12.5. The number of alkyl halides is 3. The van der Waals surface area contributed by atoms with Crippen LogP contribution in [0.3, 0.4) is 0 Å². The van der Waals surface area contributed by atoms with Gasteiger partial charge in [0.2, 0.25) is 9.05 Å². The molecule has 1 aromatic carbocycles. The summed E-state index contributed by atoms with van der Waals surface area (Å²) in [4.78, 5) is 0. The zero-order valence-electron chi connectivity index (χ0n) is 7.96. The van der Waals surface area contributed by atoms with Gasteiger partial charge in [-0.25, -0.2) is 12.8 Å². The number of rotatable bonds is 3. The standard InChI is InChI=1S/C8H5ClF4O3S/c9-17(14,15)4-5-1-2-6(3-7(5)10)16-8(11,12)13/h1-3H,4H2. The van der Waals surface area contributed by atoms with Crippen molar-refractivity contribution in [1.82, 2.24) is 0 Å². The number of hydrogen-bond acceptors (Lipinski definition) is 3. The lowest BCUT2D eigenvalue weighted by Crippen LogP contribution is -2.17. The molecule has 9 heteroatoms. The van der Waals surface area contributed by atoms with Crippen molar-refractivity contribution in [2.45, 2.75) is 12.1 Å². The second-order valence-electron chi connectivity index (χ2n) is 2.98. The van der Waals surface area contributed by atoms with E-state index in [4.69, 9.17) is 10.7 Å². The molecule has 0 fully saturated rings. The van der Waals surface area contributed by atoms with Gasteiger partial charge in [0.1, 0.15) is 11.6 Å². The monoisotopic (exact) mass is 292 g/mol. The van der Waals surface area contributed by atoms with E-state index in [-0.39, 0.29) is 5.56 Å². The second kappa shape index (κ2) is 4.69. The summed E-state index contributed by atoms with van der Waals surface area (Å²) in [6, 6.07) is 2.09. The highest BCUT2D eigenvalue weighted by Gasteiger charge is 2.31. The van der Waals surface area contributed by atoms with Crippen molar-refractivity contribution in [3.8, 4) is 5.75 Å². The Balaban J connectivity index is 2.94. The molecular weight excluding hydrogens is 288 g/mol. The Hall–Kier alpha value is -1.02. The Morgan fingerprint density at radius 1 is 1.29 bits per heavy atom. The first-order valence-corrected chi connectivity index (χ1v) is 6.51. The first kappa shape index (κ1) is 14.0. The van der Waals surface area contributed by atoms with Crippen LogP contribution in [-0.2, 0) is 14.8 Å². The van der Waals surface area contributed by atoms with Crippen LogP contribution in [0.25, 0.3) is 0 Å². The summed E-state index contributed by atoms with van der Waals surface area (Å²) in [7, 11) is 0.902.